The highest BCUT2D eigenvalue weighted by atomic mass is 32.1. The maximum atomic E-state index is 12.0. The molecule has 1 N–H and O–H groups in total. The quantitative estimate of drug-likeness (QED) is 0.752. The maximum absolute atomic E-state index is 12.0. The molecule has 2 unspecified atom stereocenters. The van der Waals surface area contributed by atoms with Crippen LogP contribution in [0.25, 0.3) is 0 Å². The minimum absolute atomic E-state index is 0.245. The van der Waals surface area contributed by atoms with Crippen LogP contribution in [-0.4, -0.2) is 22.8 Å². The molecule has 1 aromatic rings. The summed E-state index contributed by atoms with van der Waals surface area (Å²) in [7, 11) is 0. The summed E-state index contributed by atoms with van der Waals surface area (Å²) >= 11 is 1.72. The van der Waals surface area contributed by atoms with E-state index >= 15 is 0 Å². The monoisotopic (exact) mass is 247 g/mol. The zero-order chi connectivity index (χ0) is 11.4. The van der Waals surface area contributed by atoms with Gasteiger partial charge in [0, 0.05) is 5.92 Å². The largest absolute Gasteiger partial charge is 0.284 e. The van der Waals surface area contributed by atoms with E-state index < -0.39 is 0 Å². The van der Waals surface area contributed by atoms with Crippen molar-refractivity contribution in [2.45, 2.75) is 25.3 Å². The Bertz CT molecular complexity index is 494. The molecule has 0 aromatic carbocycles. The second-order valence-corrected chi connectivity index (χ2v) is 6.36. The summed E-state index contributed by atoms with van der Waals surface area (Å²) < 4.78 is 2.09. The van der Waals surface area contributed by atoms with Crippen molar-refractivity contribution in [3.63, 3.8) is 0 Å². The van der Waals surface area contributed by atoms with Gasteiger partial charge in [-0.25, -0.2) is 0 Å². The van der Waals surface area contributed by atoms with E-state index in [1.54, 1.807) is 11.3 Å². The van der Waals surface area contributed by atoms with Crippen molar-refractivity contribution in [3.05, 3.63) is 22.4 Å². The van der Waals surface area contributed by atoms with Crippen LogP contribution in [0.3, 0.4) is 0 Å². The standard InChI is InChI=1S/C13H14N2OS/c16-13-11-8-3-4-9(6-8)12(11)15(14-13)7-10-2-1-5-17-10/h1-2,5,7-9,11-12H,3-4,6H2/p+1/b15-7-/t8-,9+,11?,12?/m0/s1. The number of thiophene rings is 1. The molecule has 2 heterocycles. The number of hydrogen-bond donors (Lipinski definition) is 1. The lowest BCUT2D eigenvalue weighted by Gasteiger charge is -2.16. The summed E-state index contributed by atoms with van der Waals surface area (Å²) in [6.45, 7) is 0. The summed E-state index contributed by atoms with van der Waals surface area (Å²) in [5, 5.41) is 2.07. The van der Waals surface area contributed by atoms with E-state index in [1.807, 2.05) is 6.07 Å². The van der Waals surface area contributed by atoms with Gasteiger partial charge in [0.2, 0.25) is 6.21 Å². The van der Waals surface area contributed by atoms with Crippen LogP contribution in [0.4, 0.5) is 0 Å². The molecule has 2 bridgehead atoms. The van der Waals surface area contributed by atoms with E-state index in [0.29, 0.717) is 12.0 Å². The SMILES string of the molecule is O=C1N/[N+](=C\c2cccs2)C2C1[C@H]1CC[C@@H]2C1. The fraction of sp³-hybridized carbons (Fsp3) is 0.538. The Morgan fingerprint density at radius 3 is 3.12 bits per heavy atom. The first kappa shape index (κ1) is 9.83. The molecule has 3 fully saturated rings. The van der Waals surface area contributed by atoms with E-state index in [2.05, 4.69) is 27.8 Å². The van der Waals surface area contributed by atoms with Gasteiger partial charge in [0.1, 0.15) is 5.92 Å². The molecule has 88 valence electrons. The first-order valence-electron chi connectivity index (χ1n) is 6.30. The van der Waals surface area contributed by atoms with Gasteiger partial charge < -0.3 is 0 Å². The number of fused-ring (bicyclic) bond motifs is 5. The third-order valence-electron chi connectivity index (χ3n) is 4.55. The smallest absolute Gasteiger partial charge is 0.269 e. The Kier molecular flexibility index (Phi) is 1.98. The van der Waals surface area contributed by atoms with Crippen molar-refractivity contribution in [3.8, 4) is 0 Å². The van der Waals surface area contributed by atoms with E-state index in [9.17, 15) is 4.79 Å². The molecule has 2 saturated carbocycles. The number of hydrogen-bond acceptors (Lipinski definition) is 2. The van der Waals surface area contributed by atoms with Crippen LogP contribution in [0.1, 0.15) is 24.1 Å². The summed E-state index contributed by atoms with van der Waals surface area (Å²) in [5.74, 6) is 1.87. The minimum atomic E-state index is 0.245. The van der Waals surface area contributed by atoms with E-state index in [0.717, 1.165) is 5.92 Å². The summed E-state index contributed by atoms with van der Waals surface area (Å²) in [5.41, 5.74) is 3.04. The average Bonchev–Trinajstić information content (AvgIpc) is 3.04. The zero-order valence-electron chi connectivity index (χ0n) is 9.50. The fourth-order valence-corrected chi connectivity index (χ4v) is 4.57. The zero-order valence-corrected chi connectivity index (χ0v) is 10.3. The summed E-state index contributed by atoms with van der Waals surface area (Å²) in [6.07, 6.45) is 5.92. The molecule has 2 aliphatic carbocycles. The van der Waals surface area contributed by atoms with Gasteiger partial charge in [0.15, 0.2) is 6.04 Å². The average molecular weight is 247 g/mol. The van der Waals surface area contributed by atoms with Crippen LogP contribution in [0, 0.1) is 17.8 Å². The van der Waals surface area contributed by atoms with Crippen molar-refractivity contribution in [1.82, 2.24) is 5.43 Å². The molecule has 1 amide bonds. The molecule has 1 saturated heterocycles. The molecule has 0 radical (unpaired) electrons. The van der Waals surface area contributed by atoms with E-state index in [-0.39, 0.29) is 11.8 Å². The van der Waals surface area contributed by atoms with Crippen molar-refractivity contribution in [1.29, 1.82) is 0 Å². The first-order valence-corrected chi connectivity index (χ1v) is 7.18. The van der Waals surface area contributed by atoms with E-state index in [4.69, 9.17) is 0 Å². The van der Waals surface area contributed by atoms with Crippen LogP contribution in [0.2, 0.25) is 0 Å². The number of nitrogens with one attached hydrogen (secondary N) is 1. The molecule has 1 aliphatic heterocycles. The lowest BCUT2D eigenvalue weighted by atomic mass is 9.85. The predicted molar refractivity (Wildman–Crippen MR) is 66.0 cm³/mol. The number of hydrazine groups is 1. The second-order valence-electron chi connectivity index (χ2n) is 5.38. The molecule has 17 heavy (non-hydrogen) atoms. The van der Waals surface area contributed by atoms with Gasteiger partial charge in [0.05, 0.1) is 4.88 Å². The van der Waals surface area contributed by atoms with Crippen molar-refractivity contribution in [2.75, 3.05) is 0 Å². The molecule has 3 aliphatic rings. The van der Waals surface area contributed by atoms with Crippen LogP contribution < -0.4 is 5.43 Å². The van der Waals surface area contributed by atoms with Gasteiger partial charge >= 0.3 is 0 Å². The Labute approximate surface area is 104 Å². The highest BCUT2D eigenvalue weighted by Crippen LogP contribution is 2.51. The van der Waals surface area contributed by atoms with Crippen LogP contribution in [0.15, 0.2) is 17.5 Å². The first-order chi connectivity index (χ1) is 8.33. The molecule has 3 nitrogen and oxygen atoms in total. The van der Waals surface area contributed by atoms with Crippen molar-refractivity contribution in [2.24, 2.45) is 17.8 Å². The Morgan fingerprint density at radius 1 is 1.41 bits per heavy atom. The molecule has 4 atom stereocenters. The number of carbonyl (C=O) groups excluding carboxylic acids is 1. The maximum Gasteiger partial charge on any atom is 0.284 e. The topological polar surface area (TPSA) is 32.1 Å². The van der Waals surface area contributed by atoms with Crippen molar-refractivity contribution < 1.29 is 9.48 Å². The summed E-state index contributed by atoms with van der Waals surface area (Å²) in [4.78, 5) is 13.2. The van der Waals surface area contributed by atoms with Gasteiger partial charge in [-0.1, -0.05) is 6.07 Å². The second kappa shape index (κ2) is 3.42. The normalized spacial score (nSPS) is 40.9. The molecular formula is C13H15N2OS+. The number of nitrogens with zero attached hydrogens (tertiary/aromatic N) is 1. The fourth-order valence-electron chi connectivity index (χ4n) is 3.93. The predicted octanol–water partition coefficient (Wildman–Crippen LogP) is 1.64. The molecule has 1 aromatic heterocycles. The molecule has 4 rings (SSSR count). The highest BCUT2D eigenvalue weighted by molar-refractivity contribution is 7.11. The van der Waals surface area contributed by atoms with Gasteiger partial charge in [0.25, 0.3) is 5.91 Å². The number of amides is 1. The molecule has 0 spiro atoms. The van der Waals surface area contributed by atoms with Crippen LogP contribution in [-0.2, 0) is 4.79 Å². The van der Waals surface area contributed by atoms with Gasteiger partial charge in [-0.15, -0.1) is 21.4 Å². The summed E-state index contributed by atoms with van der Waals surface area (Å²) in [6, 6.07) is 4.56. The minimum Gasteiger partial charge on any atom is -0.269 e. The molecular weight excluding hydrogens is 232 g/mol. The highest BCUT2D eigenvalue weighted by Gasteiger charge is 2.61. The van der Waals surface area contributed by atoms with Gasteiger partial charge in [-0.3, -0.25) is 4.79 Å². The van der Waals surface area contributed by atoms with Gasteiger partial charge in [-0.2, -0.15) is 0 Å². The van der Waals surface area contributed by atoms with Crippen LogP contribution >= 0.6 is 11.3 Å². The Morgan fingerprint density at radius 2 is 2.29 bits per heavy atom. The molecule has 4 heteroatoms. The van der Waals surface area contributed by atoms with Gasteiger partial charge in [-0.05, 0) is 36.6 Å². The Balaban J connectivity index is 1.72. The number of rotatable bonds is 1. The third-order valence-corrected chi connectivity index (χ3v) is 5.35. The van der Waals surface area contributed by atoms with Crippen LogP contribution in [0.5, 0.6) is 0 Å². The Hall–Kier alpha value is -1.16. The van der Waals surface area contributed by atoms with Crippen molar-refractivity contribution >= 4 is 23.5 Å². The third kappa shape index (κ3) is 1.33. The van der Waals surface area contributed by atoms with E-state index in [1.165, 1.54) is 24.1 Å². The number of hydrazone groups is 1. The lowest BCUT2D eigenvalue weighted by molar-refractivity contribution is -0.598. The number of carbonyl (C=O) groups is 1. The lowest BCUT2D eigenvalue weighted by Crippen LogP contribution is -2.34.